The van der Waals surface area contributed by atoms with Crippen molar-refractivity contribution in [1.82, 2.24) is 15.1 Å². The minimum absolute atomic E-state index is 0.0773. The van der Waals surface area contributed by atoms with Gasteiger partial charge in [-0.05, 0) is 66.8 Å². The number of aliphatic carboxylic acids is 1. The highest BCUT2D eigenvalue weighted by atomic mass is 16.5. The van der Waals surface area contributed by atoms with Crippen molar-refractivity contribution in [2.24, 2.45) is 5.41 Å². The van der Waals surface area contributed by atoms with Gasteiger partial charge in [-0.25, -0.2) is 0 Å². The molecule has 40 heavy (non-hydrogen) atoms. The summed E-state index contributed by atoms with van der Waals surface area (Å²) in [6.45, 7) is 21.5. The number of carbonyl (C=O) groups is 3. The maximum Gasteiger partial charge on any atom is 0.303 e. The molecule has 2 N–H and O–H groups in total. The number of carbonyl (C=O) groups excluding carboxylic acids is 2. The highest BCUT2D eigenvalue weighted by molar-refractivity contribution is 5.82. The van der Waals surface area contributed by atoms with E-state index in [1.54, 1.807) is 0 Å². The number of nitrogens with one attached hydrogen (secondary N) is 1. The van der Waals surface area contributed by atoms with E-state index < -0.39 is 22.6 Å². The summed E-state index contributed by atoms with van der Waals surface area (Å²) in [4.78, 5) is 40.7. The smallest absolute Gasteiger partial charge is 0.303 e. The van der Waals surface area contributed by atoms with Crippen molar-refractivity contribution in [3.8, 4) is 0 Å². The van der Waals surface area contributed by atoms with Gasteiger partial charge in [0.2, 0.25) is 11.8 Å². The van der Waals surface area contributed by atoms with E-state index in [9.17, 15) is 14.4 Å². The Morgan fingerprint density at radius 3 is 1.93 bits per heavy atom. The Morgan fingerprint density at radius 1 is 0.900 bits per heavy atom. The van der Waals surface area contributed by atoms with Gasteiger partial charge in [-0.15, -0.1) is 0 Å². The molecule has 0 bridgehead atoms. The fourth-order valence-corrected chi connectivity index (χ4v) is 4.35. The van der Waals surface area contributed by atoms with Gasteiger partial charge in [0, 0.05) is 50.5 Å². The van der Waals surface area contributed by atoms with Crippen LogP contribution in [-0.4, -0.2) is 96.4 Å². The second kappa shape index (κ2) is 18.7. The fourth-order valence-electron chi connectivity index (χ4n) is 4.35. The molecule has 1 aliphatic heterocycles. The van der Waals surface area contributed by atoms with Gasteiger partial charge in [0.05, 0.1) is 24.4 Å². The Labute approximate surface area is 244 Å². The molecule has 1 heterocycles. The summed E-state index contributed by atoms with van der Waals surface area (Å²) in [6, 6.07) is 0.0942. The lowest BCUT2D eigenvalue weighted by molar-refractivity contribution is -0.147. The maximum atomic E-state index is 13.5. The zero-order valence-corrected chi connectivity index (χ0v) is 27.4. The number of likely N-dealkylation sites (tertiary alicyclic amines) is 1. The van der Waals surface area contributed by atoms with Crippen LogP contribution in [-0.2, 0) is 23.9 Å². The molecule has 0 aromatic rings. The Balaban J connectivity index is 0.00000483. The quantitative estimate of drug-likeness (QED) is 0.250. The van der Waals surface area contributed by atoms with Gasteiger partial charge < -0.3 is 29.7 Å². The first-order valence-corrected chi connectivity index (χ1v) is 15.3. The Bertz CT molecular complexity index is 745. The van der Waals surface area contributed by atoms with E-state index in [4.69, 9.17) is 14.6 Å². The number of hydrogen-bond acceptors (Lipinski definition) is 6. The molecule has 1 aliphatic rings. The molecular formula is C31H61N3O6. The summed E-state index contributed by atoms with van der Waals surface area (Å²) in [6.07, 6.45) is 5.24. The van der Waals surface area contributed by atoms with Crippen molar-refractivity contribution in [3.63, 3.8) is 0 Å². The summed E-state index contributed by atoms with van der Waals surface area (Å²) in [5, 5.41) is 11.9. The average Bonchev–Trinajstić information content (AvgIpc) is 2.88. The van der Waals surface area contributed by atoms with E-state index in [-0.39, 0.29) is 24.3 Å². The number of carboxylic acid groups (broad SMARTS) is 1. The lowest BCUT2D eigenvalue weighted by Gasteiger charge is -2.42. The summed E-state index contributed by atoms with van der Waals surface area (Å²) < 4.78 is 12.2. The first-order chi connectivity index (χ1) is 18.6. The van der Waals surface area contributed by atoms with Crippen LogP contribution in [0.25, 0.3) is 0 Å². The van der Waals surface area contributed by atoms with Crippen molar-refractivity contribution >= 4 is 17.8 Å². The largest absolute Gasteiger partial charge is 0.481 e. The number of ether oxygens (including phenoxy) is 2. The zero-order valence-electron chi connectivity index (χ0n) is 27.4. The summed E-state index contributed by atoms with van der Waals surface area (Å²) >= 11 is 0. The maximum absolute atomic E-state index is 13.5. The number of carboxylic acids is 1. The fraction of sp³-hybridized carbons (Fsp3) is 0.903. The average molecular weight is 572 g/mol. The molecule has 0 atom stereocenters. The molecule has 0 spiro atoms. The molecule has 236 valence electrons. The molecule has 0 aromatic carbocycles. The Morgan fingerprint density at radius 2 is 1.43 bits per heavy atom. The summed E-state index contributed by atoms with van der Waals surface area (Å²) in [5.41, 5.74) is -1.40. The molecule has 1 rings (SSSR count). The predicted molar refractivity (Wildman–Crippen MR) is 161 cm³/mol. The van der Waals surface area contributed by atoms with Gasteiger partial charge in [0.15, 0.2) is 0 Å². The van der Waals surface area contributed by atoms with Gasteiger partial charge in [-0.2, -0.15) is 0 Å². The lowest BCUT2D eigenvalue weighted by Crippen LogP contribution is -2.53. The molecule has 0 aromatic heterocycles. The van der Waals surface area contributed by atoms with Crippen LogP contribution in [0, 0.1) is 5.41 Å². The molecule has 0 saturated carbocycles. The van der Waals surface area contributed by atoms with Crippen LogP contribution < -0.4 is 5.32 Å². The number of hydrogen-bond donors (Lipinski definition) is 2. The molecule has 9 nitrogen and oxygen atoms in total. The SMILES string of the molecule is CCC.CCC(C)(C)C(=O)N(CCOC(C)(C)CCOC(C)(C)CCC(=O)O)C1CCN(C(=O)CCNC)CC1. The third-order valence-corrected chi connectivity index (χ3v) is 7.53. The molecule has 0 radical (unpaired) electrons. The molecule has 1 saturated heterocycles. The van der Waals surface area contributed by atoms with Crippen molar-refractivity contribution < 1.29 is 29.0 Å². The number of rotatable bonds is 17. The number of amides is 2. The standard InChI is InChI=1S/C28H53N3O6.C3H8/c1-9-26(2,3)25(35)31(22-12-17-30(18-13-22)23(32)11-16-29-8)19-21-37-28(6,7)15-20-36-27(4,5)14-10-24(33)34;1-3-2/h22,29H,9-21H2,1-8H3,(H,33,34);3H2,1-2H3. The number of piperidine rings is 1. The predicted octanol–water partition coefficient (Wildman–Crippen LogP) is 5.11. The molecule has 0 aliphatic carbocycles. The third-order valence-electron chi connectivity index (χ3n) is 7.53. The van der Waals surface area contributed by atoms with Crippen LogP contribution in [0.3, 0.4) is 0 Å². The monoisotopic (exact) mass is 571 g/mol. The van der Waals surface area contributed by atoms with Gasteiger partial charge in [0.25, 0.3) is 0 Å². The Kier molecular flexibility index (Phi) is 17.9. The van der Waals surface area contributed by atoms with Crippen molar-refractivity contribution in [3.05, 3.63) is 0 Å². The second-order valence-electron chi connectivity index (χ2n) is 12.8. The van der Waals surface area contributed by atoms with E-state index in [0.717, 1.165) is 19.3 Å². The highest BCUT2D eigenvalue weighted by Gasteiger charge is 2.36. The summed E-state index contributed by atoms with van der Waals surface area (Å²) in [7, 11) is 1.85. The summed E-state index contributed by atoms with van der Waals surface area (Å²) in [5.74, 6) is -0.519. The van der Waals surface area contributed by atoms with E-state index in [1.165, 1.54) is 6.42 Å². The van der Waals surface area contributed by atoms with E-state index in [1.807, 2.05) is 65.3 Å². The van der Waals surface area contributed by atoms with Gasteiger partial charge in [0.1, 0.15) is 0 Å². The van der Waals surface area contributed by atoms with Crippen LogP contribution in [0.4, 0.5) is 0 Å². The minimum Gasteiger partial charge on any atom is -0.481 e. The topological polar surface area (TPSA) is 108 Å². The normalized spacial score (nSPS) is 14.9. The second-order valence-corrected chi connectivity index (χ2v) is 12.8. The Hall–Kier alpha value is -1.71. The molecule has 9 heteroatoms. The minimum atomic E-state index is -0.822. The molecule has 1 fully saturated rings. The lowest BCUT2D eigenvalue weighted by atomic mass is 9.87. The highest BCUT2D eigenvalue weighted by Crippen LogP contribution is 2.28. The van der Waals surface area contributed by atoms with Crippen LogP contribution in [0.2, 0.25) is 0 Å². The van der Waals surface area contributed by atoms with Crippen molar-refractivity contribution in [2.45, 2.75) is 131 Å². The first kappa shape index (κ1) is 38.3. The van der Waals surface area contributed by atoms with Gasteiger partial charge in [-0.3, -0.25) is 14.4 Å². The van der Waals surface area contributed by atoms with Crippen LogP contribution in [0.5, 0.6) is 0 Å². The van der Waals surface area contributed by atoms with Gasteiger partial charge in [-0.1, -0.05) is 41.0 Å². The first-order valence-electron chi connectivity index (χ1n) is 15.3. The van der Waals surface area contributed by atoms with Gasteiger partial charge >= 0.3 is 5.97 Å². The molecule has 2 amide bonds. The number of nitrogens with zero attached hydrogens (tertiary/aromatic N) is 2. The van der Waals surface area contributed by atoms with E-state index in [0.29, 0.717) is 58.7 Å². The third kappa shape index (κ3) is 15.3. The van der Waals surface area contributed by atoms with E-state index >= 15 is 0 Å². The zero-order chi connectivity index (χ0) is 31.0. The van der Waals surface area contributed by atoms with Crippen molar-refractivity contribution in [1.29, 1.82) is 0 Å². The van der Waals surface area contributed by atoms with E-state index in [2.05, 4.69) is 19.2 Å². The molecule has 0 unspecified atom stereocenters. The molecular weight excluding hydrogens is 510 g/mol. The van der Waals surface area contributed by atoms with Crippen molar-refractivity contribution in [2.75, 3.05) is 46.4 Å². The van der Waals surface area contributed by atoms with Crippen LogP contribution >= 0.6 is 0 Å². The van der Waals surface area contributed by atoms with Crippen LogP contribution in [0.15, 0.2) is 0 Å². The van der Waals surface area contributed by atoms with Crippen LogP contribution in [0.1, 0.15) is 114 Å².